The molecule has 0 bridgehead atoms. The quantitative estimate of drug-likeness (QED) is 0.678. The minimum atomic E-state index is -0.122. The molecule has 1 aromatic carbocycles. The molecule has 0 amide bonds. The molecule has 22 heavy (non-hydrogen) atoms. The van der Waals surface area contributed by atoms with Gasteiger partial charge in [0.1, 0.15) is 18.1 Å². The Morgan fingerprint density at radius 2 is 2.18 bits per heavy atom. The molecule has 0 aromatic heterocycles. The zero-order chi connectivity index (χ0) is 15.5. The summed E-state index contributed by atoms with van der Waals surface area (Å²) in [6.45, 7) is 5.66. The van der Waals surface area contributed by atoms with Crippen LogP contribution < -0.4 is 15.2 Å². The van der Waals surface area contributed by atoms with Crippen molar-refractivity contribution in [1.29, 1.82) is 0 Å². The second-order valence-corrected chi connectivity index (χ2v) is 6.17. The first-order valence-electron chi connectivity index (χ1n) is 8.11. The van der Waals surface area contributed by atoms with Crippen molar-refractivity contribution in [3.8, 4) is 11.5 Å². The van der Waals surface area contributed by atoms with Gasteiger partial charge >= 0.3 is 5.97 Å². The summed E-state index contributed by atoms with van der Waals surface area (Å²) < 4.78 is 11.2. The van der Waals surface area contributed by atoms with Gasteiger partial charge in [0.15, 0.2) is 0 Å². The van der Waals surface area contributed by atoms with E-state index in [4.69, 9.17) is 15.2 Å². The first kappa shape index (κ1) is 15.3. The van der Waals surface area contributed by atoms with E-state index in [1.807, 2.05) is 12.1 Å². The van der Waals surface area contributed by atoms with Crippen LogP contribution in [-0.2, 0) is 11.2 Å². The van der Waals surface area contributed by atoms with Gasteiger partial charge in [0.05, 0.1) is 5.92 Å². The van der Waals surface area contributed by atoms with Gasteiger partial charge < -0.3 is 20.1 Å². The van der Waals surface area contributed by atoms with Crippen LogP contribution in [0.15, 0.2) is 18.2 Å². The molecule has 0 radical (unpaired) electrons. The van der Waals surface area contributed by atoms with Crippen LogP contribution in [-0.4, -0.2) is 43.2 Å². The van der Waals surface area contributed by atoms with Crippen molar-refractivity contribution in [2.24, 2.45) is 11.7 Å². The Morgan fingerprint density at radius 1 is 1.41 bits per heavy atom. The van der Waals surface area contributed by atoms with Crippen molar-refractivity contribution in [1.82, 2.24) is 4.90 Å². The van der Waals surface area contributed by atoms with Gasteiger partial charge in [-0.15, -0.1) is 0 Å². The molecular weight excluding hydrogens is 280 g/mol. The molecular formula is C17H24N2O3. The molecule has 2 aliphatic heterocycles. The topological polar surface area (TPSA) is 64.8 Å². The third-order valence-corrected chi connectivity index (χ3v) is 4.56. The second-order valence-electron chi connectivity index (χ2n) is 6.17. The molecule has 1 saturated heterocycles. The van der Waals surface area contributed by atoms with Crippen LogP contribution in [0.2, 0.25) is 0 Å². The number of carbonyl (C=O) groups excluding carboxylic acids is 1. The molecule has 2 heterocycles. The number of hydrogen-bond acceptors (Lipinski definition) is 5. The van der Waals surface area contributed by atoms with E-state index in [1.165, 1.54) is 0 Å². The summed E-state index contributed by atoms with van der Waals surface area (Å²) >= 11 is 0. The van der Waals surface area contributed by atoms with E-state index in [1.54, 1.807) is 6.07 Å². The van der Waals surface area contributed by atoms with Crippen molar-refractivity contribution >= 4 is 5.97 Å². The largest absolute Gasteiger partial charge is 0.492 e. The highest BCUT2D eigenvalue weighted by Crippen LogP contribution is 2.29. The standard InChI is InChI=1S/C17H24N2O3/c1-2-19-7-5-12(6-8-19)17(20)22-15-4-3-13-9-14(18)11-21-16(13)10-15/h3-4,10,12,14H,2,5-9,11,18H2,1H3/t14-/m1/s1. The highest BCUT2D eigenvalue weighted by molar-refractivity contribution is 5.75. The molecule has 0 unspecified atom stereocenters. The first-order chi connectivity index (χ1) is 10.7. The van der Waals surface area contributed by atoms with Crippen LogP contribution in [0.4, 0.5) is 0 Å². The number of ether oxygens (including phenoxy) is 2. The highest BCUT2D eigenvalue weighted by atomic mass is 16.5. The molecule has 0 aliphatic carbocycles. The lowest BCUT2D eigenvalue weighted by atomic mass is 9.97. The molecule has 2 N–H and O–H groups in total. The van der Waals surface area contributed by atoms with Crippen LogP contribution in [0.5, 0.6) is 11.5 Å². The maximum absolute atomic E-state index is 12.3. The average Bonchev–Trinajstić information content (AvgIpc) is 2.55. The highest BCUT2D eigenvalue weighted by Gasteiger charge is 2.26. The number of rotatable bonds is 3. The number of piperidine rings is 1. The Bertz CT molecular complexity index is 539. The van der Waals surface area contributed by atoms with Crippen molar-refractivity contribution in [2.45, 2.75) is 32.2 Å². The average molecular weight is 304 g/mol. The van der Waals surface area contributed by atoms with E-state index >= 15 is 0 Å². The van der Waals surface area contributed by atoms with Gasteiger partial charge in [0.2, 0.25) is 0 Å². The molecule has 1 aromatic rings. The fourth-order valence-electron chi connectivity index (χ4n) is 3.12. The van der Waals surface area contributed by atoms with E-state index in [-0.39, 0.29) is 17.9 Å². The van der Waals surface area contributed by atoms with Gasteiger partial charge in [0, 0.05) is 12.1 Å². The van der Waals surface area contributed by atoms with Crippen LogP contribution in [0, 0.1) is 5.92 Å². The van der Waals surface area contributed by atoms with Gasteiger partial charge in [-0.3, -0.25) is 4.79 Å². The minimum absolute atomic E-state index is 0.00757. The maximum Gasteiger partial charge on any atom is 0.314 e. The fraction of sp³-hybridized carbons (Fsp3) is 0.588. The Hall–Kier alpha value is -1.59. The Morgan fingerprint density at radius 3 is 2.91 bits per heavy atom. The summed E-state index contributed by atoms with van der Waals surface area (Å²) in [4.78, 5) is 14.6. The summed E-state index contributed by atoms with van der Waals surface area (Å²) in [5.74, 6) is 1.24. The predicted octanol–water partition coefficient (Wildman–Crippen LogP) is 1.59. The number of fused-ring (bicyclic) bond motifs is 1. The summed E-state index contributed by atoms with van der Waals surface area (Å²) in [5, 5.41) is 0. The number of hydrogen-bond donors (Lipinski definition) is 1. The fourth-order valence-corrected chi connectivity index (χ4v) is 3.12. The number of esters is 1. The normalized spacial score (nSPS) is 22.7. The van der Waals surface area contributed by atoms with Gasteiger partial charge in [-0.2, -0.15) is 0 Å². The number of benzene rings is 1. The molecule has 1 atom stereocenters. The van der Waals surface area contributed by atoms with E-state index in [9.17, 15) is 4.79 Å². The van der Waals surface area contributed by atoms with Crippen LogP contribution in [0.1, 0.15) is 25.3 Å². The Labute approximate surface area is 131 Å². The number of likely N-dealkylation sites (tertiary alicyclic amines) is 1. The zero-order valence-electron chi connectivity index (χ0n) is 13.1. The molecule has 5 heteroatoms. The predicted molar refractivity (Wildman–Crippen MR) is 84.1 cm³/mol. The van der Waals surface area contributed by atoms with Crippen molar-refractivity contribution < 1.29 is 14.3 Å². The third-order valence-electron chi connectivity index (χ3n) is 4.56. The van der Waals surface area contributed by atoms with Crippen molar-refractivity contribution in [3.63, 3.8) is 0 Å². The second kappa shape index (κ2) is 6.67. The lowest BCUT2D eigenvalue weighted by Gasteiger charge is -2.29. The van der Waals surface area contributed by atoms with Crippen LogP contribution >= 0.6 is 0 Å². The lowest BCUT2D eigenvalue weighted by molar-refractivity contribution is -0.140. The van der Waals surface area contributed by atoms with E-state index in [2.05, 4.69) is 11.8 Å². The van der Waals surface area contributed by atoms with Crippen LogP contribution in [0.3, 0.4) is 0 Å². The van der Waals surface area contributed by atoms with E-state index in [0.717, 1.165) is 50.2 Å². The number of nitrogens with zero attached hydrogens (tertiary/aromatic N) is 1. The van der Waals surface area contributed by atoms with Gasteiger partial charge in [-0.05, 0) is 50.5 Å². The monoisotopic (exact) mass is 304 g/mol. The summed E-state index contributed by atoms with van der Waals surface area (Å²) in [6, 6.07) is 5.63. The maximum atomic E-state index is 12.3. The van der Waals surface area contributed by atoms with Crippen molar-refractivity contribution in [2.75, 3.05) is 26.2 Å². The Balaban J connectivity index is 1.60. The molecule has 120 valence electrons. The first-order valence-corrected chi connectivity index (χ1v) is 8.11. The SMILES string of the molecule is CCN1CCC(C(=O)Oc2ccc3c(c2)OC[C@H](N)C3)CC1. The summed E-state index contributed by atoms with van der Waals surface area (Å²) in [7, 11) is 0. The molecule has 3 rings (SSSR count). The summed E-state index contributed by atoms with van der Waals surface area (Å²) in [6.07, 6.45) is 2.56. The molecule has 5 nitrogen and oxygen atoms in total. The summed E-state index contributed by atoms with van der Waals surface area (Å²) in [5.41, 5.74) is 6.95. The number of carbonyl (C=O) groups is 1. The minimum Gasteiger partial charge on any atom is -0.492 e. The van der Waals surface area contributed by atoms with Gasteiger partial charge in [0.25, 0.3) is 0 Å². The number of nitrogens with two attached hydrogens (primary N) is 1. The molecule has 1 fully saturated rings. The van der Waals surface area contributed by atoms with Crippen molar-refractivity contribution in [3.05, 3.63) is 23.8 Å². The lowest BCUT2D eigenvalue weighted by Crippen LogP contribution is -2.37. The molecule has 0 spiro atoms. The molecule has 0 saturated carbocycles. The molecule has 2 aliphatic rings. The van der Waals surface area contributed by atoms with E-state index < -0.39 is 0 Å². The third kappa shape index (κ3) is 3.42. The smallest absolute Gasteiger partial charge is 0.314 e. The van der Waals surface area contributed by atoms with Gasteiger partial charge in [-0.25, -0.2) is 0 Å². The Kier molecular flexibility index (Phi) is 4.64. The van der Waals surface area contributed by atoms with E-state index in [0.29, 0.717) is 12.4 Å². The van der Waals surface area contributed by atoms with Gasteiger partial charge in [-0.1, -0.05) is 13.0 Å². The van der Waals surface area contributed by atoms with Crippen LogP contribution in [0.25, 0.3) is 0 Å². The zero-order valence-corrected chi connectivity index (χ0v) is 13.1.